The zero-order valence-electron chi connectivity index (χ0n) is 12.1. The molecule has 0 atom stereocenters. The lowest BCUT2D eigenvalue weighted by Crippen LogP contribution is -2.14. The summed E-state index contributed by atoms with van der Waals surface area (Å²) in [5.74, 6) is -0.362. The molecule has 1 N–H and O–H groups in total. The van der Waals surface area contributed by atoms with E-state index in [1.165, 1.54) is 0 Å². The SMILES string of the molecule is O=C(CCl)Nc1ccc2c3c(cccc13)C(=O)c1ccccc1-2. The quantitative estimate of drug-likeness (QED) is 0.562. The number of nitrogens with one attached hydrogen (secondary N) is 1. The van der Waals surface area contributed by atoms with Gasteiger partial charge in [-0.1, -0.05) is 48.5 Å². The molecule has 1 aliphatic carbocycles. The molecule has 4 heteroatoms. The fourth-order valence-corrected chi connectivity index (χ4v) is 3.24. The van der Waals surface area contributed by atoms with Gasteiger partial charge in [0.05, 0.1) is 0 Å². The van der Waals surface area contributed by atoms with Gasteiger partial charge < -0.3 is 5.32 Å². The van der Waals surface area contributed by atoms with Crippen molar-refractivity contribution in [1.29, 1.82) is 0 Å². The van der Waals surface area contributed by atoms with E-state index < -0.39 is 0 Å². The van der Waals surface area contributed by atoms with Gasteiger partial charge in [0.25, 0.3) is 0 Å². The van der Waals surface area contributed by atoms with E-state index in [0.29, 0.717) is 16.8 Å². The van der Waals surface area contributed by atoms with Crippen LogP contribution in [0.2, 0.25) is 0 Å². The summed E-state index contributed by atoms with van der Waals surface area (Å²) >= 11 is 5.58. The third kappa shape index (κ3) is 2.05. The van der Waals surface area contributed by atoms with Crippen molar-refractivity contribution in [2.24, 2.45) is 0 Å². The highest BCUT2D eigenvalue weighted by Crippen LogP contribution is 2.41. The summed E-state index contributed by atoms with van der Waals surface area (Å²) in [4.78, 5) is 24.4. The zero-order valence-corrected chi connectivity index (χ0v) is 12.9. The molecule has 0 heterocycles. The largest absolute Gasteiger partial charge is 0.324 e. The Labute approximate surface area is 137 Å². The molecule has 0 fully saturated rings. The first kappa shape index (κ1) is 14.0. The molecular weight excluding hydrogens is 310 g/mol. The number of halogens is 1. The van der Waals surface area contributed by atoms with Crippen molar-refractivity contribution in [1.82, 2.24) is 0 Å². The van der Waals surface area contributed by atoms with Gasteiger partial charge in [0, 0.05) is 27.6 Å². The van der Waals surface area contributed by atoms with Crippen LogP contribution in [0.25, 0.3) is 21.9 Å². The maximum absolute atomic E-state index is 12.8. The van der Waals surface area contributed by atoms with Crippen LogP contribution in [-0.2, 0) is 4.79 Å². The van der Waals surface area contributed by atoms with Crippen molar-refractivity contribution < 1.29 is 9.59 Å². The summed E-state index contributed by atoms with van der Waals surface area (Å²) in [7, 11) is 0. The van der Waals surface area contributed by atoms with E-state index in [4.69, 9.17) is 11.6 Å². The molecule has 4 rings (SSSR count). The van der Waals surface area contributed by atoms with Crippen LogP contribution in [0, 0.1) is 0 Å². The van der Waals surface area contributed by atoms with Crippen LogP contribution in [0.5, 0.6) is 0 Å². The van der Waals surface area contributed by atoms with Crippen LogP contribution >= 0.6 is 11.6 Å². The number of hydrogen-bond acceptors (Lipinski definition) is 2. The second-order valence-electron chi connectivity index (χ2n) is 5.45. The fraction of sp³-hybridized carbons (Fsp3) is 0.0526. The average Bonchev–Trinajstić information content (AvgIpc) is 2.60. The maximum atomic E-state index is 12.8. The van der Waals surface area contributed by atoms with Gasteiger partial charge in [0.15, 0.2) is 5.78 Å². The highest BCUT2D eigenvalue weighted by Gasteiger charge is 2.25. The number of rotatable bonds is 2. The molecule has 3 aromatic carbocycles. The Morgan fingerprint density at radius 1 is 0.870 bits per heavy atom. The molecule has 0 unspecified atom stereocenters. The first-order valence-electron chi connectivity index (χ1n) is 7.26. The number of fused-ring (bicyclic) bond motifs is 2. The highest BCUT2D eigenvalue weighted by molar-refractivity contribution is 6.30. The number of ketones is 1. The van der Waals surface area contributed by atoms with E-state index in [9.17, 15) is 9.59 Å². The molecule has 3 aromatic rings. The summed E-state index contributed by atoms with van der Waals surface area (Å²) in [6, 6.07) is 17.0. The Balaban J connectivity index is 2.05. The second kappa shape index (κ2) is 5.21. The summed E-state index contributed by atoms with van der Waals surface area (Å²) < 4.78 is 0. The molecule has 23 heavy (non-hydrogen) atoms. The third-order valence-corrected chi connectivity index (χ3v) is 4.39. The minimum Gasteiger partial charge on any atom is -0.324 e. The van der Waals surface area contributed by atoms with Crippen molar-refractivity contribution in [3.05, 3.63) is 65.7 Å². The molecule has 0 spiro atoms. The van der Waals surface area contributed by atoms with Crippen LogP contribution in [0.15, 0.2) is 54.6 Å². The van der Waals surface area contributed by atoms with Crippen molar-refractivity contribution >= 4 is 39.8 Å². The average molecular weight is 322 g/mol. The Kier molecular flexibility index (Phi) is 3.17. The highest BCUT2D eigenvalue weighted by atomic mass is 35.5. The van der Waals surface area contributed by atoms with Gasteiger partial charge in [-0.15, -0.1) is 11.6 Å². The Morgan fingerprint density at radius 3 is 2.39 bits per heavy atom. The van der Waals surface area contributed by atoms with Crippen LogP contribution in [0.4, 0.5) is 5.69 Å². The van der Waals surface area contributed by atoms with Crippen molar-refractivity contribution in [2.75, 3.05) is 11.2 Å². The van der Waals surface area contributed by atoms with Gasteiger partial charge in [-0.2, -0.15) is 0 Å². The van der Waals surface area contributed by atoms with Crippen LogP contribution in [0.3, 0.4) is 0 Å². The molecule has 0 saturated heterocycles. The third-order valence-electron chi connectivity index (χ3n) is 4.14. The molecule has 1 aliphatic rings. The van der Waals surface area contributed by atoms with E-state index >= 15 is 0 Å². The normalized spacial score (nSPS) is 12.1. The molecule has 0 saturated carbocycles. The van der Waals surface area contributed by atoms with Crippen molar-refractivity contribution in [2.45, 2.75) is 0 Å². The molecule has 112 valence electrons. The van der Waals surface area contributed by atoms with Gasteiger partial charge in [-0.05, 0) is 17.2 Å². The first-order valence-corrected chi connectivity index (χ1v) is 7.80. The smallest absolute Gasteiger partial charge is 0.239 e. The number of amides is 1. The number of carbonyl (C=O) groups excluding carboxylic acids is 2. The standard InChI is InChI=1S/C19H12ClNO2/c20-10-17(22)21-16-9-8-12-11-4-1-2-5-13(11)19(23)15-7-3-6-14(16)18(12)15/h1-9H,10H2,(H,21,22). The predicted molar refractivity (Wildman–Crippen MR) is 92.2 cm³/mol. The number of alkyl halides is 1. The molecule has 1 amide bonds. The van der Waals surface area contributed by atoms with Crippen LogP contribution in [-0.4, -0.2) is 17.6 Å². The molecule has 0 radical (unpaired) electrons. The minimum atomic E-state index is -0.269. The summed E-state index contributed by atoms with van der Waals surface area (Å²) in [5.41, 5.74) is 3.98. The zero-order chi connectivity index (χ0) is 16.0. The lowest BCUT2D eigenvalue weighted by Gasteiger charge is -2.21. The van der Waals surface area contributed by atoms with Crippen LogP contribution < -0.4 is 5.32 Å². The van der Waals surface area contributed by atoms with Gasteiger partial charge in [-0.3, -0.25) is 9.59 Å². The van der Waals surface area contributed by atoms with E-state index in [1.54, 1.807) is 0 Å². The van der Waals surface area contributed by atoms with Crippen molar-refractivity contribution in [3.63, 3.8) is 0 Å². The Bertz CT molecular complexity index is 978. The molecule has 0 aromatic heterocycles. The van der Waals surface area contributed by atoms with Crippen molar-refractivity contribution in [3.8, 4) is 11.1 Å². The topological polar surface area (TPSA) is 46.2 Å². The van der Waals surface area contributed by atoms with Gasteiger partial charge in [0.1, 0.15) is 5.88 Å². The first-order chi connectivity index (χ1) is 11.2. The Hall–Kier alpha value is -2.65. The predicted octanol–water partition coefficient (Wildman–Crippen LogP) is 4.23. The molecule has 3 nitrogen and oxygen atoms in total. The second-order valence-corrected chi connectivity index (χ2v) is 5.71. The molecule has 0 aliphatic heterocycles. The maximum Gasteiger partial charge on any atom is 0.239 e. The number of hydrogen-bond donors (Lipinski definition) is 1. The van der Waals surface area contributed by atoms with E-state index in [1.807, 2.05) is 54.6 Å². The lowest BCUT2D eigenvalue weighted by molar-refractivity contribution is -0.113. The summed E-state index contributed by atoms with van der Waals surface area (Å²) in [6.45, 7) is 0. The van der Waals surface area contributed by atoms with Gasteiger partial charge in [-0.25, -0.2) is 0 Å². The Morgan fingerprint density at radius 2 is 1.61 bits per heavy atom. The number of benzene rings is 3. The van der Waals surface area contributed by atoms with E-state index in [0.717, 1.165) is 21.9 Å². The molecular formula is C19H12ClNO2. The van der Waals surface area contributed by atoms with E-state index in [2.05, 4.69) is 5.32 Å². The number of anilines is 1. The summed E-state index contributed by atoms with van der Waals surface area (Å²) in [5, 5.41) is 4.52. The molecule has 0 bridgehead atoms. The van der Waals surface area contributed by atoms with Gasteiger partial charge in [0.2, 0.25) is 5.91 Å². The van der Waals surface area contributed by atoms with E-state index in [-0.39, 0.29) is 17.6 Å². The van der Waals surface area contributed by atoms with Crippen LogP contribution in [0.1, 0.15) is 15.9 Å². The summed E-state index contributed by atoms with van der Waals surface area (Å²) in [6.07, 6.45) is 0. The fourth-order valence-electron chi connectivity index (χ4n) is 3.17. The van der Waals surface area contributed by atoms with Gasteiger partial charge >= 0.3 is 0 Å². The number of carbonyl (C=O) groups is 2. The lowest BCUT2D eigenvalue weighted by atomic mass is 9.82. The minimum absolute atomic E-state index is 0.0134. The monoisotopic (exact) mass is 321 g/mol.